The molecule has 28 heavy (non-hydrogen) atoms. The third kappa shape index (κ3) is 4.00. The fraction of sp³-hybridized carbons (Fsp3) is 0.476. The van der Waals surface area contributed by atoms with Crippen molar-refractivity contribution in [1.29, 1.82) is 0 Å². The fourth-order valence-corrected chi connectivity index (χ4v) is 6.09. The minimum atomic E-state index is -2.87. The number of hydrogen-bond acceptors (Lipinski definition) is 5. The van der Waals surface area contributed by atoms with Crippen LogP contribution in [0.2, 0.25) is 0 Å². The number of likely N-dealkylation sites (N-methyl/N-ethyl adjacent to an activating group) is 1. The van der Waals surface area contributed by atoms with Gasteiger partial charge < -0.3 is 9.80 Å². The molecule has 0 saturated carbocycles. The monoisotopic (exact) mass is 401 g/mol. The zero-order chi connectivity index (χ0) is 19.7. The number of carbonyl (C=O) groups is 1. The Hall–Kier alpha value is -2.12. The number of sulfone groups is 1. The summed E-state index contributed by atoms with van der Waals surface area (Å²) in [5.41, 5.74) is 1.06. The normalized spacial score (nSPS) is 22.5. The number of benzene rings is 2. The first-order valence-corrected chi connectivity index (χ1v) is 11.7. The molecule has 2 saturated heterocycles. The van der Waals surface area contributed by atoms with Crippen molar-refractivity contribution in [3.8, 4) is 0 Å². The summed E-state index contributed by atoms with van der Waals surface area (Å²) in [5.74, 6) is 0.686. The predicted octanol–water partition coefficient (Wildman–Crippen LogP) is 1.61. The number of amides is 1. The third-order valence-corrected chi connectivity index (χ3v) is 7.69. The first kappa shape index (κ1) is 19.2. The summed E-state index contributed by atoms with van der Waals surface area (Å²) in [5, 5.41) is 2.31. The molecule has 2 aliphatic heterocycles. The van der Waals surface area contributed by atoms with Gasteiger partial charge in [0, 0.05) is 50.3 Å². The summed E-state index contributed by atoms with van der Waals surface area (Å²) in [4.78, 5) is 19.0. The van der Waals surface area contributed by atoms with E-state index >= 15 is 0 Å². The number of rotatable bonds is 4. The molecule has 2 fully saturated rings. The van der Waals surface area contributed by atoms with Crippen LogP contribution in [0.4, 0.5) is 5.69 Å². The molecule has 4 rings (SSSR count). The van der Waals surface area contributed by atoms with E-state index in [9.17, 15) is 13.2 Å². The van der Waals surface area contributed by atoms with E-state index in [-0.39, 0.29) is 17.7 Å². The Morgan fingerprint density at radius 2 is 1.79 bits per heavy atom. The van der Waals surface area contributed by atoms with Crippen LogP contribution in [0.1, 0.15) is 6.42 Å². The highest BCUT2D eigenvalue weighted by Gasteiger charge is 2.34. The smallest absolute Gasteiger partial charge is 0.242 e. The highest BCUT2D eigenvalue weighted by Crippen LogP contribution is 2.26. The van der Waals surface area contributed by atoms with Crippen molar-refractivity contribution < 1.29 is 13.2 Å². The van der Waals surface area contributed by atoms with Crippen LogP contribution < -0.4 is 4.90 Å². The molecule has 1 unspecified atom stereocenters. The zero-order valence-corrected chi connectivity index (χ0v) is 17.1. The molecule has 2 aliphatic rings. The maximum Gasteiger partial charge on any atom is 0.242 e. The van der Waals surface area contributed by atoms with Gasteiger partial charge in [0.2, 0.25) is 5.91 Å². The Morgan fingerprint density at radius 3 is 2.50 bits per heavy atom. The van der Waals surface area contributed by atoms with Gasteiger partial charge in [0.15, 0.2) is 9.84 Å². The van der Waals surface area contributed by atoms with Gasteiger partial charge in [0.25, 0.3) is 0 Å². The van der Waals surface area contributed by atoms with Gasteiger partial charge in [-0.15, -0.1) is 0 Å². The first-order chi connectivity index (χ1) is 13.4. The SMILES string of the molecule is CN(CC(=O)N1CCN(C2CCS(=O)(=O)C2)CC1)c1cccc2ccccc12. The van der Waals surface area contributed by atoms with E-state index < -0.39 is 9.84 Å². The number of hydrogen-bond donors (Lipinski definition) is 0. The topological polar surface area (TPSA) is 60.9 Å². The van der Waals surface area contributed by atoms with Gasteiger partial charge in [-0.3, -0.25) is 9.69 Å². The number of carbonyl (C=O) groups excluding carboxylic acids is 1. The summed E-state index contributed by atoms with van der Waals surface area (Å²) < 4.78 is 23.4. The van der Waals surface area contributed by atoms with Crippen LogP contribution in [0, 0.1) is 0 Å². The van der Waals surface area contributed by atoms with E-state index in [1.807, 2.05) is 41.1 Å². The van der Waals surface area contributed by atoms with E-state index in [4.69, 9.17) is 0 Å². The molecule has 0 aliphatic carbocycles. The van der Waals surface area contributed by atoms with Gasteiger partial charge in [-0.2, -0.15) is 0 Å². The van der Waals surface area contributed by atoms with Crippen molar-refractivity contribution in [2.45, 2.75) is 12.5 Å². The molecule has 150 valence electrons. The summed E-state index contributed by atoms with van der Waals surface area (Å²) in [6, 6.07) is 14.5. The molecule has 0 N–H and O–H groups in total. The number of fused-ring (bicyclic) bond motifs is 1. The van der Waals surface area contributed by atoms with Crippen molar-refractivity contribution in [3.05, 3.63) is 42.5 Å². The molecule has 0 aromatic heterocycles. The Morgan fingerprint density at radius 1 is 1.07 bits per heavy atom. The fourth-order valence-electron chi connectivity index (χ4n) is 4.33. The van der Waals surface area contributed by atoms with Crippen molar-refractivity contribution in [2.24, 2.45) is 0 Å². The van der Waals surface area contributed by atoms with E-state index in [1.165, 1.54) is 5.39 Å². The van der Waals surface area contributed by atoms with Crippen molar-refractivity contribution in [1.82, 2.24) is 9.80 Å². The van der Waals surface area contributed by atoms with Crippen LogP contribution >= 0.6 is 0 Å². The Kier molecular flexibility index (Phi) is 5.29. The molecule has 2 aromatic carbocycles. The van der Waals surface area contributed by atoms with Crippen molar-refractivity contribution >= 4 is 32.2 Å². The van der Waals surface area contributed by atoms with Gasteiger partial charge >= 0.3 is 0 Å². The van der Waals surface area contributed by atoms with Crippen LogP contribution in [0.25, 0.3) is 10.8 Å². The Balaban J connectivity index is 1.35. The Labute approximate surface area is 166 Å². The van der Waals surface area contributed by atoms with Crippen LogP contribution in [0.5, 0.6) is 0 Å². The van der Waals surface area contributed by atoms with Crippen molar-refractivity contribution in [3.63, 3.8) is 0 Å². The van der Waals surface area contributed by atoms with E-state index in [0.29, 0.717) is 25.4 Å². The summed E-state index contributed by atoms with van der Waals surface area (Å²) in [6.45, 7) is 3.18. The lowest BCUT2D eigenvalue weighted by atomic mass is 10.1. The largest absolute Gasteiger partial charge is 0.365 e. The maximum atomic E-state index is 12.8. The van der Waals surface area contributed by atoms with Crippen molar-refractivity contribution in [2.75, 3.05) is 56.2 Å². The van der Waals surface area contributed by atoms with Gasteiger partial charge in [0.05, 0.1) is 18.1 Å². The molecule has 0 spiro atoms. The molecule has 2 aromatic rings. The molecule has 6 nitrogen and oxygen atoms in total. The molecule has 0 bridgehead atoms. The van der Waals surface area contributed by atoms with Gasteiger partial charge in [-0.05, 0) is 17.9 Å². The summed E-state index contributed by atoms with van der Waals surface area (Å²) in [7, 11) is -0.910. The molecular weight excluding hydrogens is 374 g/mol. The molecule has 1 amide bonds. The number of piperazine rings is 1. The first-order valence-electron chi connectivity index (χ1n) is 9.84. The predicted molar refractivity (Wildman–Crippen MR) is 112 cm³/mol. The summed E-state index contributed by atoms with van der Waals surface area (Å²) in [6.07, 6.45) is 0.722. The number of anilines is 1. The minimum absolute atomic E-state index is 0.120. The van der Waals surface area contributed by atoms with Crippen LogP contribution in [0.15, 0.2) is 42.5 Å². The lowest BCUT2D eigenvalue weighted by Gasteiger charge is -2.38. The maximum absolute atomic E-state index is 12.8. The standard InChI is InChI=1S/C21H27N3O3S/c1-22(20-8-4-6-17-5-2-3-7-19(17)20)15-21(25)24-12-10-23(11-13-24)18-9-14-28(26,27)16-18/h2-8,18H,9-16H2,1H3. The second-order valence-electron chi connectivity index (χ2n) is 7.83. The number of nitrogens with zero attached hydrogens (tertiary/aromatic N) is 3. The molecule has 7 heteroatoms. The van der Waals surface area contributed by atoms with E-state index in [0.717, 1.165) is 30.6 Å². The third-order valence-electron chi connectivity index (χ3n) is 5.94. The molecule has 2 heterocycles. The molecular formula is C21H27N3O3S. The van der Waals surface area contributed by atoms with Gasteiger partial charge in [0.1, 0.15) is 0 Å². The van der Waals surface area contributed by atoms with Crippen LogP contribution in [0.3, 0.4) is 0 Å². The van der Waals surface area contributed by atoms with Crippen LogP contribution in [-0.4, -0.2) is 81.4 Å². The molecule has 0 radical (unpaired) electrons. The van der Waals surface area contributed by atoms with Gasteiger partial charge in [-0.25, -0.2) is 8.42 Å². The van der Waals surface area contributed by atoms with E-state index in [1.54, 1.807) is 0 Å². The highest BCUT2D eigenvalue weighted by atomic mass is 32.2. The second-order valence-corrected chi connectivity index (χ2v) is 10.1. The lowest BCUT2D eigenvalue weighted by Crippen LogP contribution is -2.53. The average Bonchev–Trinajstić information content (AvgIpc) is 3.07. The average molecular weight is 402 g/mol. The lowest BCUT2D eigenvalue weighted by molar-refractivity contribution is -0.131. The zero-order valence-electron chi connectivity index (χ0n) is 16.3. The summed E-state index contributed by atoms with van der Waals surface area (Å²) >= 11 is 0. The second kappa shape index (κ2) is 7.72. The highest BCUT2D eigenvalue weighted by molar-refractivity contribution is 7.91. The quantitative estimate of drug-likeness (QED) is 0.779. The minimum Gasteiger partial charge on any atom is -0.365 e. The Bertz CT molecular complexity index is 963. The van der Waals surface area contributed by atoms with E-state index in [2.05, 4.69) is 23.1 Å². The van der Waals surface area contributed by atoms with Gasteiger partial charge in [-0.1, -0.05) is 36.4 Å². The van der Waals surface area contributed by atoms with Crippen LogP contribution in [-0.2, 0) is 14.6 Å². The molecule has 1 atom stereocenters.